The fraction of sp³-hybridized carbons (Fsp3) is 0.217. The number of aromatic nitrogens is 2. The highest BCUT2D eigenvalue weighted by Crippen LogP contribution is 2.38. The molecular weight excluding hydrogens is 432 g/mol. The molecule has 0 aliphatic carbocycles. The molecule has 2 aromatic carbocycles. The first-order valence-corrected chi connectivity index (χ1v) is 10.5. The second-order valence-corrected chi connectivity index (χ2v) is 7.75. The highest BCUT2D eigenvalue weighted by molar-refractivity contribution is 6.30. The van der Waals surface area contributed by atoms with Crippen molar-refractivity contribution < 1.29 is 19.1 Å². The number of rotatable bonds is 6. The summed E-state index contributed by atoms with van der Waals surface area (Å²) in [6.07, 6.45) is -0.0837. The topological polar surface area (TPSA) is 102 Å². The van der Waals surface area contributed by atoms with E-state index in [9.17, 15) is 14.4 Å². The molecule has 8 nitrogen and oxygen atoms in total. The molecule has 0 spiro atoms. The number of halogens is 1. The van der Waals surface area contributed by atoms with Crippen LogP contribution in [0.25, 0.3) is 11.1 Å². The van der Waals surface area contributed by atoms with Crippen LogP contribution < -0.4 is 10.6 Å². The van der Waals surface area contributed by atoms with Crippen molar-refractivity contribution in [2.45, 2.75) is 26.3 Å². The molecular formula is C23H21ClN4O4. The van der Waals surface area contributed by atoms with Crippen LogP contribution in [0, 0.1) is 6.92 Å². The number of carbonyl (C=O) groups excluding carboxylic acids is 3. The van der Waals surface area contributed by atoms with Gasteiger partial charge in [0, 0.05) is 16.3 Å². The van der Waals surface area contributed by atoms with Crippen LogP contribution in [0.5, 0.6) is 0 Å². The average Bonchev–Trinajstić information content (AvgIpc) is 3.23. The lowest BCUT2D eigenvalue weighted by atomic mass is 10.1. The minimum absolute atomic E-state index is 0.0837. The molecule has 0 bridgehead atoms. The Labute approximate surface area is 189 Å². The summed E-state index contributed by atoms with van der Waals surface area (Å²) in [5, 5.41) is 10.7. The number of hydrogen-bond donors (Lipinski definition) is 2. The fourth-order valence-corrected chi connectivity index (χ4v) is 3.76. The largest absolute Gasteiger partial charge is 0.462 e. The summed E-state index contributed by atoms with van der Waals surface area (Å²) in [5.41, 5.74) is 3.32. The number of nitrogens with zero attached hydrogens (tertiary/aromatic N) is 2. The maximum atomic E-state index is 12.6. The van der Waals surface area contributed by atoms with Crippen LogP contribution in [0.3, 0.4) is 0 Å². The molecule has 0 saturated heterocycles. The highest BCUT2D eigenvalue weighted by atomic mass is 35.5. The van der Waals surface area contributed by atoms with Gasteiger partial charge in [0.1, 0.15) is 11.9 Å². The average molecular weight is 453 g/mol. The zero-order chi connectivity index (χ0) is 22.8. The summed E-state index contributed by atoms with van der Waals surface area (Å²) in [5.74, 6) is -0.504. The van der Waals surface area contributed by atoms with E-state index in [1.165, 1.54) is 0 Å². The van der Waals surface area contributed by atoms with Gasteiger partial charge in [0.05, 0.1) is 24.3 Å². The van der Waals surface area contributed by atoms with Gasteiger partial charge in [-0.05, 0) is 55.8 Å². The molecule has 3 aromatic rings. The van der Waals surface area contributed by atoms with Gasteiger partial charge in [0.25, 0.3) is 5.91 Å². The lowest BCUT2D eigenvalue weighted by Gasteiger charge is -2.10. The number of hydrogen-bond acceptors (Lipinski definition) is 5. The number of ether oxygens (including phenoxy) is 1. The quantitative estimate of drug-likeness (QED) is 0.545. The number of amides is 2. The number of nitrogens with one attached hydrogen (secondary N) is 2. The number of benzene rings is 2. The van der Waals surface area contributed by atoms with E-state index in [1.54, 1.807) is 48.0 Å². The van der Waals surface area contributed by atoms with Crippen molar-refractivity contribution in [3.05, 3.63) is 64.8 Å². The second kappa shape index (κ2) is 8.84. The summed E-state index contributed by atoms with van der Waals surface area (Å²) in [6.45, 7) is 3.87. The lowest BCUT2D eigenvalue weighted by molar-refractivity contribution is -0.123. The SMILES string of the molecule is CCOC(=O)c1ccc(NC(=O)CC2C(=O)Nc3c(-c4ccc(Cl)cc4)c(C)nn32)cc1. The van der Waals surface area contributed by atoms with Gasteiger partial charge in [-0.15, -0.1) is 0 Å². The Balaban J connectivity index is 1.48. The minimum atomic E-state index is -0.761. The van der Waals surface area contributed by atoms with Gasteiger partial charge in [-0.2, -0.15) is 5.10 Å². The first kappa shape index (κ1) is 21.6. The Morgan fingerprint density at radius 3 is 2.50 bits per heavy atom. The maximum Gasteiger partial charge on any atom is 0.338 e. The molecule has 164 valence electrons. The van der Waals surface area contributed by atoms with Crippen LogP contribution in [0.15, 0.2) is 48.5 Å². The standard InChI is InChI=1S/C23H21ClN4O4/c1-3-32-23(31)15-6-10-17(11-7-15)25-19(29)12-18-22(30)26-21-20(13(2)27-28(18)21)14-4-8-16(24)9-5-14/h4-11,18H,3,12H2,1-2H3,(H,25,29)(H,26,30). The van der Waals surface area contributed by atoms with Gasteiger partial charge in [0.2, 0.25) is 5.91 Å². The van der Waals surface area contributed by atoms with Gasteiger partial charge in [-0.25, -0.2) is 9.48 Å². The summed E-state index contributed by atoms with van der Waals surface area (Å²) in [4.78, 5) is 36.9. The lowest BCUT2D eigenvalue weighted by Crippen LogP contribution is -2.23. The molecule has 1 aromatic heterocycles. The number of anilines is 2. The molecule has 0 radical (unpaired) electrons. The summed E-state index contributed by atoms with van der Waals surface area (Å²) in [6, 6.07) is 12.9. The van der Waals surface area contributed by atoms with Gasteiger partial charge in [-0.3, -0.25) is 9.59 Å². The van der Waals surface area contributed by atoms with E-state index < -0.39 is 12.0 Å². The summed E-state index contributed by atoms with van der Waals surface area (Å²) in [7, 11) is 0. The van der Waals surface area contributed by atoms with Crippen molar-refractivity contribution in [3.63, 3.8) is 0 Å². The van der Waals surface area contributed by atoms with Crippen molar-refractivity contribution in [1.82, 2.24) is 9.78 Å². The van der Waals surface area contributed by atoms with E-state index in [0.29, 0.717) is 22.1 Å². The Kier molecular flexibility index (Phi) is 5.96. The number of carbonyl (C=O) groups is 3. The van der Waals surface area contributed by atoms with Crippen molar-refractivity contribution in [1.29, 1.82) is 0 Å². The molecule has 2 N–H and O–H groups in total. The highest BCUT2D eigenvalue weighted by Gasteiger charge is 2.36. The fourth-order valence-electron chi connectivity index (χ4n) is 3.64. The van der Waals surface area contributed by atoms with Crippen LogP contribution >= 0.6 is 11.6 Å². The Bertz CT molecular complexity index is 1190. The molecule has 1 unspecified atom stereocenters. The first-order chi connectivity index (χ1) is 15.4. The molecule has 0 saturated carbocycles. The summed E-state index contributed by atoms with van der Waals surface area (Å²) < 4.78 is 6.51. The molecule has 0 fully saturated rings. The predicted molar refractivity (Wildman–Crippen MR) is 121 cm³/mol. The number of esters is 1. The van der Waals surface area contributed by atoms with E-state index in [0.717, 1.165) is 16.8 Å². The third-order valence-corrected chi connectivity index (χ3v) is 5.37. The van der Waals surface area contributed by atoms with Gasteiger partial charge in [-0.1, -0.05) is 23.7 Å². The van der Waals surface area contributed by atoms with Gasteiger partial charge >= 0.3 is 5.97 Å². The van der Waals surface area contributed by atoms with Crippen molar-refractivity contribution >= 4 is 40.9 Å². The Morgan fingerprint density at radius 2 is 1.84 bits per heavy atom. The third kappa shape index (κ3) is 4.22. The van der Waals surface area contributed by atoms with E-state index in [2.05, 4.69) is 15.7 Å². The Morgan fingerprint density at radius 1 is 1.16 bits per heavy atom. The van der Waals surface area contributed by atoms with E-state index in [4.69, 9.17) is 16.3 Å². The van der Waals surface area contributed by atoms with Gasteiger partial charge < -0.3 is 15.4 Å². The monoisotopic (exact) mass is 452 g/mol. The zero-order valence-corrected chi connectivity index (χ0v) is 18.3. The molecule has 1 atom stereocenters. The zero-order valence-electron chi connectivity index (χ0n) is 17.5. The second-order valence-electron chi connectivity index (χ2n) is 7.32. The Hall–Kier alpha value is -3.65. The van der Waals surface area contributed by atoms with Crippen LogP contribution in [0.4, 0.5) is 11.5 Å². The minimum Gasteiger partial charge on any atom is -0.462 e. The number of aryl methyl sites for hydroxylation is 1. The normalized spacial score (nSPS) is 14.6. The van der Waals surface area contributed by atoms with Gasteiger partial charge in [0.15, 0.2) is 0 Å². The van der Waals surface area contributed by atoms with E-state index in [-0.39, 0.29) is 24.8 Å². The van der Waals surface area contributed by atoms with Crippen LogP contribution in [0.2, 0.25) is 5.02 Å². The number of fused-ring (bicyclic) bond motifs is 1. The molecule has 32 heavy (non-hydrogen) atoms. The maximum absolute atomic E-state index is 12.6. The molecule has 9 heteroatoms. The smallest absolute Gasteiger partial charge is 0.338 e. The van der Waals surface area contributed by atoms with Crippen LogP contribution in [-0.2, 0) is 14.3 Å². The van der Waals surface area contributed by atoms with Crippen LogP contribution in [0.1, 0.15) is 35.4 Å². The van der Waals surface area contributed by atoms with E-state index >= 15 is 0 Å². The van der Waals surface area contributed by atoms with Crippen molar-refractivity contribution in [2.24, 2.45) is 0 Å². The van der Waals surface area contributed by atoms with Crippen molar-refractivity contribution in [2.75, 3.05) is 17.2 Å². The van der Waals surface area contributed by atoms with Crippen LogP contribution in [-0.4, -0.2) is 34.2 Å². The van der Waals surface area contributed by atoms with E-state index in [1.807, 2.05) is 19.1 Å². The first-order valence-electron chi connectivity index (χ1n) is 10.1. The third-order valence-electron chi connectivity index (χ3n) is 5.12. The van der Waals surface area contributed by atoms with Crippen molar-refractivity contribution in [3.8, 4) is 11.1 Å². The molecule has 1 aliphatic heterocycles. The molecule has 1 aliphatic rings. The molecule has 4 rings (SSSR count). The molecule has 2 heterocycles. The summed E-state index contributed by atoms with van der Waals surface area (Å²) >= 11 is 5.98. The molecule has 2 amide bonds. The predicted octanol–water partition coefficient (Wildman–Crippen LogP) is 4.21.